The van der Waals surface area contributed by atoms with E-state index in [0.717, 1.165) is 81.9 Å². The lowest BCUT2D eigenvalue weighted by Crippen LogP contribution is -2.46. The molecule has 3 N–H and O–H groups in total. The van der Waals surface area contributed by atoms with Crippen LogP contribution in [0.3, 0.4) is 0 Å². The SMILES string of the molecule is CCn1cc(Cl)c2cc(C(=O)NC3CCc4nc(N5CC(N)C6(CCCOC6)C5)ccc4C3)nnc21. The monoisotopic (exact) mass is 509 g/mol. The zero-order valence-corrected chi connectivity index (χ0v) is 21.3. The second kappa shape index (κ2) is 9.28. The molecular formula is C26H32ClN7O2. The van der Waals surface area contributed by atoms with E-state index in [9.17, 15) is 4.79 Å². The summed E-state index contributed by atoms with van der Waals surface area (Å²) in [4.78, 5) is 20.3. The molecule has 3 unspecified atom stereocenters. The smallest absolute Gasteiger partial charge is 0.272 e. The predicted octanol–water partition coefficient (Wildman–Crippen LogP) is 2.73. The first-order chi connectivity index (χ1) is 17.5. The first-order valence-corrected chi connectivity index (χ1v) is 13.2. The third kappa shape index (κ3) is 4.13. The van der Waals surface area contributed by atoms with Gasteiger partial charge in [0.1, 0.15) is 5.82 Å². The molecule has 3 aliphatic rings. The van der Waals surface area contributed by atoms with Crippen molar-refractivity contribution in [1.29, 1.82) is 0 Å². The van der Waals surface area contributed by atoms with Gasteiger partial charge in [-0.25, -0.2) is 4.98 Å². The molecule has 2 saturated heterocycles. The van der Waals surface area contributed by atoms with E-state index in [1.54, 1.807) is 6.07 Å². The summed E-state index contributed by atoms with van der Waals surface area (Å²) in [5, 5.41) is 12.9. The molecule has 0 radical (unpaired) electrons. The molecule has 0 bridgehead atoms. The summed E-state index contributed by atoms with van der Waals surface area (Å²) in [5.41, 5.74) is 9.87. The van der Waals surface area contributed by atoms with Gasteiger partial charge in [0.2, 0.25) is 0 Å². The van der Waals surface area contributed by atoms with Crippen molar-refractivity contribution < 1.29 is 9.53 Å². The fourth-order valence-corrected chi connectivity index (χ4v) is 6.27. The van der Waals surface area contributed by atoms with Crippen molar-refractivity contribution in [3.05, 3.63) is 46.4 Å². The Morgan fingerprint density at radius 3 is 3.06 bits per heavy atom. The lowest BCUT2D eigenvalue weighted by atomic mass is 9.79. The minimum Gasteiger partial charge on any atom is -0.381 e. The number of amides is 1. The summed E-state index contributed by atoms with van der Waals surface area (Å²) in [6, 6.07) is 6.10. The molecule has 0 aromatic carbocycles. The van der Waals surface area contributed by atoms with E-state index in [1.165, 1.54) is 5.56 Å². The van der Waals surface area contributed by atoms with Gasteiger partial charge < -0.3 is 25.3 Å². The van der Waals surface area contributed by atoms with E-state index in [4.69, 9.17) is 27.1 Å². The van der Waals surface area contributed by atoms with Crippen LogP contribution in [0.25, 0.3) is 11.0 Å². The van der Waals surface area contributed by atoms with E-state index in [2.05, 4.69) is 32.5 Å². The van der Waals surface area contributed by atoms with Gasteiger partial charge in [-0.3, -0.25) is 4.79 Å². The number of nitrogens with zero attached hydrogens (tertiary/aromatic N) is 5. The minimum absolute atomic E-state index is 0.0220. The van der Waals surface area contributed by atoms with Gasteiger partial charge in [-0.15, -0.1) is 10.2 Å². The van der Waals surface area contributed by atoms with Crippen molar-refractivity contribution >= 4 is 34.4 Å². The van der Waals surface area contributed by atoms with Crippen LogP contribution in [0, 0.1) is 5.41 Å². The number of carbonyl (C=O) groups excluding carboxylic acids is 1. The number of aryl methyl sites for hydroxylation is 2. The maximum absolute atomic E-state index is 13.0. The Kier molecular flexibility index (Phi) is 6.09. The summed E-state index contributed by atoms with van der Waals surface area (Å²) in [6.45, 7) is 6.04. The van der Waals surface area contributed by atoms with E-state index in [0.29, 0.717) is 10.7 Å². The number of nitrogens with one attached hydrogen (secondary N) is 1. The van der Waals surface area contributed by atoms with Gasteiger partial charge in [0.25, 0.3) is 5.91 Å². The van der Waals surface area contributed by atoms with E-state index >= 15 is 0 Å². The Labute approximate surface area is 215 Å². The normalized spacial score (nSPS) is 25.9. The number of carbonyl (C=O) groups is 1. The van der Waals surface area contributed by atoms with Crippen LogP contribution in [-0.2, 0) is 24.1 Å². The highest BCUT2D eigenvalue weighted by Gasteiger charge is 2.46. The van der Waals surface area contributed by atoms with Gasteiger partial charge in [0.05, 0.1) is 11.6 Å². The molecule has 9 nitrogen and oxygen atoms in total. The molecular weight excluding hydrogens is 478 g/mol. The van der Waals surface area contributed by atoms with Crippen LogP contribution in [0.1, 0.15) is 47.9 Å². The fourth-order valence-electron chi connectivity index (χ4n) is 6.01. The third-order valence-corrected chi connectivity index (χ3v) is 8.42. The van der Waals surface area contributed by atoms with E-state index in [-0.39, 0.29) is 29.1 Å². The van der Waals surface area contributed by atoms with E-state index in [1.807, 2.05) is 17.7 Å². The average molecular weight is 510 g/mol. The van der Waals surface area contributed by atoms with Crippen molar-refractivity contribution in [2.75, 3.05) is 31.2 Å². The molecule has 2 fully saturated rings. The molecule has 3 atom stereocenters. The summed E-state index contributed by atoms with van der Waals surface area (Å²) in [7, 11) is 0. The van der Waals surface area contributed by atoms with Crippen molar-refractivity contribution in [2.24, 2.45) is 11.1 Å². The molecule has 3 aromatic heterocycles. The molecule has 3 aromatic rings. The number of ether oxygens (including phenoxy) is 1. The molecule has 1 spiro atoms. The number of nitrogens with two attached hydrogens (primary N) is 1. The predicted molar refractivity (Wildman–Crippen MR) is 138 cm³/mol. The molecule has 1 aliphatic carbocycles. The highest BCUT2D eigenvalue weighted by molar-refractivity contribution is 6.35. The van der Waals surface area contributed by atoms with Gasteiger partial charge in [-0.05, 0) is 56.7 Å². The van der Waals surface area contributed by atoms with Gasteiger partial charge in [0.15, 0.2) is 11.3 Å². The van der Waals surface area contributed by atoms with Crippen LogP contribution in [0.2, 0.25) is 5.02 Å². The Balaban J connectivity index is 1.13. The maximum atomic E-state index is 13.0. The molecule has 2 aliphatic heterocycles. The Morgan fingerprint density at radius 1 is 1.36 bits per heavy atom. The number of anilines is 1. The number of pyridine rings is 1. The van der Waals surface area contributed by atoms with Gasteiger partial charge >= 0.3 is 0 Å². The lowest BCUT2D eigenvalue weighted by molar-refractivity contribution is -0.00345. The number of aromatic nitrogens is 4. The van der Waals surface area contributed by atoms with Crippen LogP contribution in [-0.4, -0.2) is 64.0 Å². The number of fused-ring (bicyclic) bond motifs is 2. The second-order valence-electron chi connectivity index (χ2n) is 10.4. The van der Waals surface area contributed by atoms with E-state index < -0.39 is 0 Å². The van der Waals surface area contributed by atoms with Crippen LogP contribution < -0.4 is 16.0 Å². The zero-order valence-electron chi connectivity index (χ0n) is 20.5. The molecule has 5 heterocycles. The second-order valence-corrected chi connectivity index (χ2v) is 10.8. The molecule has 1 amide bonds. The number of rotatable bonds is 4. The summed E-state index contributed by atoms with van der Waals surface area (Å²) < 4.78 is 7.70. The van der Waals surface area contributed by atoms with Crippen molar-refractivity contribution in [3.63, 3.8) is 0 Å². The molecule has 36 heavy (non-hydrogen) atoms. The Bertz CT molecular complexity index is 1300. The summed E-state index contributed by atoms with van der Waals surface area (Å²) in [6.07, 6.45) is 6.40. The lowest BCUT2D eigenvalue weighted by Gasteiger charge is -2.36. The number of hydrogen-bond donors (Lipinski definition) is 2. The fraction of sp³-hybridized carbons (Fsp3) is 0.538. The van der Waals surface area contributed by atoms with Crippen LogP contribution >= 0.6 is 11.6 Å². The van der Waals surface area contributed by atoms with Gasteiger partial charge in [-0.1, -0.05) is 17.7 Å². The third-order valence-electron chi connectivity index (χ3n) is 8.12. The maximum Gasteiger partial charge on any atom is 0.272 e. The zero-order chi connectivity index (χ0) is 24.9. The highest BCUT2D eigenvalue weighted by Crippen LogP contribution is 2.39. The first kappa shape index (κ1) is 23.6. The highest BCUT2D eigenvalue weighted by atomic mass is 35.5. The summed E-state index contributed by atoms with van der Waals surface area (Å²) >= 11 is 6.35. The van der Waals surface area contributed by atoms with Crippen LogP contribution in [0.5, 0.6) is 0 Å². The van der Waals surface area contributed by atoms with Crippen LogP contribution in [0.15, 0.2) is 24.4 Å². The van der Waals surface area contributed by atoms with Crippen LogP contribution in [0.4, 0.5) is 5.82 Å². The number of halogens is 1. The standard InChI is InChI=1S/C26H32ClN7O2/c1-2-33-12-19(27)18-11-21(31-32-24(18)33)25(35)29-17-5-6-20-16(10-17)4-7-23(30-20)34-13-22(28)26(14-34)8-3-9-36-15-26/h4,7,11-12,17,22H,2-3,5-6,8-10,13-15,28H2,1H3,(H,29,35). The van der Waals surface area contributed by atoms with Crippen molar-refractivity contribution in [3.8, 4) is 0 Å². The molecule has 190 valence electrons. The summed E-state index contributed by atoms with van der Waals surface area (Å²) in [5.74, 6) is 0.766. The van der Waals surface area contributed by atoms with Crippen molar-refractivity contribution in [1.82, 2.24) is 25.1 Å². The molecule has 0 saturated carbocycles. The first-order valence-electron chi connectivity index (χ1n) is 12.9. The van der Waals surface area contributed by atoms with Gasteiger partial charge in [0, 0.05) is 61.0 Å². The molecule has 6 rings (SSSR count). The largest absolute Gasteiger partial charge is 0.381 e. The minimum atomic E-state index is -0.228. The topological polar surface area (TPSA) is 111 Å². The van der Waals surface area contributed by atoms with Gasteiger partial charge in [-0.2, -0.15) is 0 Å². The quantitative estimate of drug-likeness (QED) is 0.556. The van der Waals surface area contributed by atoms with Crippen molar-refractivity contribution in [2.45, 2.75) is 57.7 Å². The average Bonchev–Trinajstić information content (AvgIpc) is 3.39. The Morgan fingerprint density at radius 2 is 2.25 bits per heavy atom. The number of hydrogen-bond acceptors (Lipinski definition) is 7. The Hall–Kier alpha value is -2.75. The molecule has 10 heteroatoms.